The lowest BCUT2D eigenvalue weighted by Gasteiger charge is -2.31. The minimum Gasteiger partial charge on any atom is -0.364 e. The molecule has 3 fully saturated rings. The lowest BCUT2D eigenvalue weighted by atomic mass is 9.96. The van der Waals surface area contributed by atoms with Gasteiger partial charge >= 0.3 is 0 Å². The standard InChI is InChI=1S/C15H27N3O2/c16-17-15(19)14-8-7-12(20-14)10-18-9-3-6-13(18)11-4-1-2-5-11/h11-14H,1-10,16H2,(H,17,19). The monoisotopic (exact) mass is 281 g/mol. The lowest BCUT2D eigenvalue weighted by Crippen LogP contribution is -2.42. The van der Waals surface area contributed by atoms with Crippen molar-refractivity contribution in [3.05, 3.63) is 0 Å². The molecule has 3 unspecified atom stereocenters. The van der Waals surface area contributed by atoms with Crippen LogP contribution in [0.3, 0.4) is 0 Å². The van der Waals surface area contributed by atoms with Crippen LogP contribution in [0.5, 0.6) is 0 Å². The van der Waals surface area contributed by atoms with Crippen LogP contribution < -0.4 is 11.3 Å². The second-order valence-corrected chi connectivity index (χ2v) is 6.58. The van der Waals surface area contributed by atoms with Gasteiger partial charge in [0.1, 0.15) is 6.10 Å². The van der Waals surface area contributed by atoms with E-state index < -0.39 is 0 Å². The molecule has 5 heteroatoms. The third-order valence-electron chi connectivity index (χ3n) is 5.34. The molecular weight excluding hydrogens is 254 g/mol. The first-order valence-electron chi connectivity index (χ1n) is 8.18. The molecule has 3 aliphatic rings. The zero-order chi connectivity index (χ0) is 13.9. The minimum absolute atomic E-state index is 0.179. The van der Waals surface area contributed by atoms with Crippen molar-refractivity contribution in [2.75, 3.05) is 13.1 Å². The molecule has 0 radical (unpaired) electrons. The zero-order valence-corrected chi connectivity index (χ0v) is 12.2. The second-order valence-electron chi connectivity index (χ2n) is 6.58. The number of carbonyl (C=O) groups is 1. The fraction of sp³-hybridized carbons (Fsp3) is 0.933. The SMILES string of the molecule is NNC(=O)C1CCC(CN2CCCC2C2CCCC2)O1. The average Bonchev–Trinajstić information content (AvgIpc) is 3.18. The molecule has 0 aromatic heterocycles. The van der Waals surface area contributed by atoms with Crippen LogP contribution in [-0.2, 0) is 9.53 Å². The number of rotatable bonds is 4. The number of nitrogens with zero attached hydrogens (tertiary/aromatic N) is 1. The molecule has 0 aromatic carbocycles. The van der Waals surface area contributed by atoms with E-state index in [1.165, 1.54) is 45.1 Å². The molecule has 1 aliphatic carbocycles. The minimum atomic E-state index is -0.336. The van der Waals surface area contributed by atoms with E-state index in [9.17, 15) is 4.79 Å². The van der Waals surface area contributed by atoms with Gasteiger partial charge in [0.15, 0.2) is 0 Å². The molecule has 114 valence electrons. The number of hydrogen-bond acceptors (Lipinski definition) is 4. The number of likely N-dealkylation sites (tertiary alicyclic amines) is 1. The maximum atomic E-state index is 11.5. The van der Waals surface area contributed by atoms with Crippen LogP contribution >= 0.6 is 0 Å². The molecule has 20 heavy (non-hydrogen) atoms. The molecule has 0 bridgehead atoms. The van der Waals surface area contributed by atoms with Crippen molar-refractivity contribution in [1.82, 2.24) is 10.3 Å². The first-order chi connectivity index (χ1) is 9.78. The summed E-state index contributed by atoms with van der Waals surface area (Å²) in [5.41, 5.74) is 2.20. The van der Waals surface area contributed by atoms with Gasteiger partial charge in [-0.3, -0.25) is 15.1 Å². The molecule has 2 saturated heterocycles. The normalized spacial score (nSPS) is 35.8. The van der Waals surface area contributed by atoms with Gasteiger partial charge in [0.2, 0.25) is 0 Å². The van der Waals surface area contributed by atoms with E-state index >= 15 is 0 Å². The molecule has 5 nitrogen and oxygen atoms in total. The molecule has 1 saturated carbocycles. The van der Waals surface area contributed by atoms with Gasteiger partial charge in [-0.25, -0.2) is 5.84 Å². The van der Waals surface area contributed by atoms with E-state index in [2.05, 4.69) is 10.3 Å². The van der Waals surface area contributed by atoms with Crippen molar-refractivity contribution in [3.8, 4) is 0 Å². The quantitative estimate of drug-likeness (QED) is 0.461. The highest BCUT2D eigenvalue weighted by Gasteiger charge is 2.37. The molecule has 1 amide bonds. The molecule has 0 aromatic rings. The Kier molecular flexibility index (Phi) is 4.58. The summed E-state index contributed by atoms with van der Waals surface area (Å²) in [6.07, 6.45) is 9.96. The van der Waals surface area contributed by atoms with Crippen LogP contribution in [-0.4, -0.2) is 42.1 Å². The number of ether oxygens (including phenoxy) is 1. The van der Waals surface area contributed by atoms with E-state index in [0.717, 1.165) is 31.3 Å². The number of nitrogens with two attached hydrogens (primary N) is 1. The maximum absolute atomic E-state index is 11.5. The van der Waals surface area contributed by atoms with E-state index in [-0.39, 0.29) is 18.1 Å². The van der Waals surface area contributed by atoms with Crippen molar-refractivity contribution in [2.24, 2.45) is 11.8 Å². The first-order valence-corrected chi connectivity index (χ1v) is 8.18. The molecule has 2 heterocycles. The maximum Gasteiger partial charge on any atom is 0.263 e. The van der Waals surface area contributed by atoms with Crippen LogP contribution in [0.25, 0.3) is 0 Å². The lowest BCUT2D eigenvalue weighted by molar-refractivity contribution is -0.132. The predicted molar refractivity (Wildman–Crippen MR) is 76.8 cm³/mol. The predicted octanol–water partition coefficient (Wildman–Crippen LogP) is 1.18. The number of hydrogen-bond donors (Lipinski definition) is 2. The van der Waals surface area contributed by atoms with Gasteiger partial charge < -0.3 is 4.74 Å². The summed E-state index contributed by atoms with van der Waals surface area (Å²) in [4.78, 5) is 14.1. The van der Waals surface area contributed by atoms with E-state index in [1.807, 2.05) is 0 Å². The van der Waals surface area contributed by atoms with Gasteiger partial charge in [-0.1, -0.05) is 12.8 Å². The summed E-state index contributed by atoms with van der Waals surface area (Å²) >= 11 is 0. The third kappa shape index (κ3) is 3.00. The molecule has 3 rings (SSSR count). The van der Waals surface area contributed by atoms with Gasteiger partial charge in [-0.05, 0) is 51.0 Å². The Hall–Kier alpha value is -0.650. The highest BCUT2D eigenvalue weighted by molar-refractivity contribution is 5.80. The number of amides is 1. The van der Waals surface area contributed by atoms with Crippen molar-refractivity contribution in [3.63, 3.8) is 0 Å². The average molecular weight is 281 g/mol. The van der Waals surface area contributed by atoms with Gasteiger partial charge in [0.25, 0.3) is 5.91 Å². The summed E-state index contributed by atoms with van der Waals surface area (Å²) in [6.45, 7) is 2.20. The van der Waals surface area contributed by atoms with Crippen LogP contribution in [0.4, 0.5) is 0 Å². The van der Waals surface area contributed by atoms with E-state index in [0.29, 0.717) is 0 Å². The fourth-order valence-electron chi connectivity index (χ4n) is 4.34. The summed E-state index contributed by atoms with van der Waals surface area (Å²) in [6, 6.07) is 0.767. The van der Waals surface area contributed by atoms with E-state index in [4.69, 9.17) is 10.6 Å². The molecule has 3 atom stereocenters. The largest absolute Gasteiger partial charge is 0.364 e. The van der Waals surface area contributed by atoms with E-state index in [1.54, 1.807) is 0 Å². The smallest absolute Gasteiger partial charge is 0.263 e. The van der Waals surface area contributed by atoms with Crippen LogP contribution in [0, 0.1) is 5.92 Å². The Morgan fingerprint density at radius 1 is 1.15 bits per heavy atom. The molecule has 0 spiro atoms. The number of nitrogens with one attached hydrogen (secondary N) is 1. The molecule has 2 aliphatic heterocycles. The number of carbonyl (C=O) groups excluding carboxylic acids is 1. The molecular formula is C15H27N3O2. The van der Waals surface area contributed by atoms with Crippen molar-refractivity contribution in [2.45, 2.75) is 69.6 Å². The van der Waals surface area contributed by atoms with Gasteiger partial charge in [-0.2, -0.15) is 0 Å². The topological polar surface area (TPSA) is 67.6 Å². The molecule has 3 N–H and O–H groups in total. The highest BCUT2D eigenvalue weighted by Crippen LogP contribution is 2.36. The highest BCUT2D eigenvalue weighted by atomic mass is 16.5. The van der Waals surface area contributed by atoms with Gasteiger partial charge in [0.05, 0.1) is 6.10 Å². The summed E-state index contributed by atoms with van der Waals surface area (Å²) < 4.78 is 5.85. The Bertz CT molecular complexity index is 344. The van der Waals surface area contributed by atoms with Crippen molar-refractivity contribution >= 4 is 5.91 Å². The fourth-order valence-corrected chi connectivity index (χ4v) is 4.34. The summed E-state index contributed by atoms with van der Waals surface area (Å²) in [7, 11) is 0. The zero-order valence-electron chi connectivity index (χ0n) is 12.2. The van der Waals surface area contributed by atoms with Gasteiger partial charge in [-0.15, -0.1) is 0 Å². The summed E-state index contributed by atoms with van der Waals surface area (Å²) in [5, 5.41) is 0. The first kappa shape index (κ1) is 14.3. The Morgan fingerprint density at radius 2 is 1.95 bits per heavy atom. The third-order valence-corrected chi connectivity index (χ3v) is 5.34. The van der Waals surface area contributed by atoms with Gasteiger partial charge in [0, 0.05) is 12.6 Å². The van der Waals surface area contributed by atoms with Crippen LogP contribution in [0.1, 0.15) is 51.4 Å². The second kappa shape index (κ2) is 6.41. The Balaban J connectivity index is 1.51. The Labute approximate surface area is 121 Å². The van der Waals surface area contributed by atoms with Crippen LogP contribution in [0.15, 0.2) is 0 Å². The Morgan fingerprint density at radius 3 is 2.70 bits per heavy atom. The van der Waals surface area contributed by atoms with Crippen molar-refractivity contribution in [1.29, 1.82) is 0 Å². The van der Waals surface area contributed by atoms with Crippen molar-refractivity contribution < 1.29 is 9.53 Å². The summed E-state index contributed by atoms with van der Waals surface area (Å²) in [5.74, 6) is 5.90. The number of hydrazine groups is 1. The van der Waals surface area contributed by atoms with Crippen LogP contribution in [0.2, 0.25) is 0 Å².